The van der Waals surface area contributed by atoms with E-state index in [1.807, 2.05) is 37.3 Å². The van der Waals surface area contributed by atoms with Gasteiger partial charge in [0.25, 0.3) is 5.91 Å². The number of pyridine rings is 1. The van der Waals surface area contributed by atoms with E-state index in [4.69, 9.17) is 0 Å². The highest BCUT2D eigenvalue weighted by atomic mass is 16.3. The summed E-state index contributed by atoms with van der Waals surface area (Å²) in [6.45, 7) is 4.91. The Hall–Kier alpha value is -3.71. The first-order chi connectivity index (χ1) is 16.6. The second-order valence-electron chi connectivity index (χ2n) is 8.45. The number of piperidine rings is 1. The third kappa shape index (κ3) is 5.99. The minimum Gasteiger partial charge on any atom is -0.508 e. The number of carbonyl (C=O) groups excluding carboxylic acids is 1. The Morgan fingerprint density at radius 1 is 1.03 bits per heavy atom. The van der Waals surface area contributed by atoms with Crippen LogP contribution in [-0.2, 0) is 6.42 Å². The maximum Gasteiger partial charge on any atom is 0.252 e. The Morgan fingerprint density at radius 2 is 1.76 bits per heavy atom. The van der Waals surface area contributed by atoms with E-state index in [0.29, 0.717) is 23.4 Å². The number of hydrogen-bond donors (Lipinski definition) is 4. The Morgan fingerprint density at radius 3 is 2.41 bits per heavy atom. The first kappa shape index (κ1) is 23.4. The van der Waals surface area contributed by atoms with Crippen molar-refractivity contribution in [2.45, 2.75) is 32.6 Å². The molecular formula is C27H31N5O2. The topological polar surface area (TPSA) is 103 Å². The number of aromatic nitrogens is 3. The van der Waals surface area contributed by atoms with Crippen molar-refractivity contribution in [2.75, 3.05) is 19.6 Å². The van der Waals surface area contributed by atoms with Crippen LogP contribution in [-0.4, -0.2) is 45.8 Å². The predicted molar refractivity (Wildman–Crippen MR) is 135 cm³/mol. The summed E-state index contributed by atoms with van der Waals surface area (Å²) in [6.07, 6.45) is 4.98. The molecule has 0 spiro atoms. The number of phenols is 1. The van der Waals surface area contributed by atoms with Gasteiger partial charge in [0, 0.05) is 17.8 Å². The zero-order valence-corrected chi connectivity index (χ0v) is 19.5. The van der Waals surface area contributed by atoms with Crippen molar-refractivity contribution in [3.05, 3.63) is 77.5 Å². The van der Waals surface area contributed by atoms with E-state index in [1.165, 1.54) is 37.9 Å². The normalized spacial score (nSPS) is 13.2. The Labute approximate surface area is 199 Å². The lowest BCUT2D eigenvalue weighted by molar-refractivity contribution is 0.0955. The van der Waals surface area contributed by atoms with Crippen LogP contribution in [0.5, 0.6) is 5.75 Å². The minimum absolute atomic E-state index is 0.159. The monoisotopic (exact) mass is 457 g/mol. The molecule has 2 aromatic heterocycles. The van der Waals surface area contributed by atoms with Crippen molar-refractivity contribution in [1.82, 2.24) is 25.8 Å². The maximum atomic E-state index is 12.9. The van der Waals surface area contributed by atoms with Gasteiger partial charge in [-0.05, 0) is 75.2 Å². The molecule has 7 nitrogen and oxygen atoms in total. The molecule has 1 aliphatic rings. The predicted octanol–water partition coefficient (Wildman–Crippen LogP) is 4.37. The minimum atomic E-state index is -0.159. The first-order valence-corrected chi connectivity index (χ1v) is 11.8. The lowest BCUT2D eigenvalue weighted by Crippen LogP contribution is -2.26. The van der Waals surface area contributed by atoms with Crippen LogP contribution in [0.1, 0.15) is 40.9 Å². The number of rotatable bonds is 5. The lowest BCUT2D eigenvalue weighted by atomic mass is 10.0. The van der Waals surface area contributed by atoms with Crippen LogP contribution in [0.2, 0.25) is 0 Å². The highest BCUT2D eigenvalue weighted by Gasteiger charge is 2.17. The van der Waals surface area contributed by atoms with Crippen LogP contribution < -0.4 is 10.6 Å². The summed E-state index contributed by atoms with van der Waals surface area (Å²) in [5, 5.41) is 23.6. The molecule has 0 atom stereocenters. The largest absolute Gasteiger partial charge is 0.508 e. The van der Waals surface area contributed by atoms with Crippen LogP contribution in [0.25, 0.3) is 22.3 Å². The van der Waals surface area contributed by atoms with Crippen LogP contribution in [0.4, 0.5) is 0 Å². The second kappa shape index (κ2) is 11.4. The zero-order valence-electron chi connectivity index (χ0n) is 19.5. The SMILES string of the molecule is C1CCNCC1.Cc1[nH]nc2nc(-c3ccc(O)cc3)cc(C(=O)NCCc3ccccc3)c12. The highest BCUT2D eigenvalue weighted by Crippen LogP contribution is 2.26. The third-order valence-corrected chi connectivity index (χ3v) is 5.86. The molecule has 2 aromatic carbocycles. The first-order valence-electron chi connectivity index (χ1n) is 11.8. The van der Waals surface area contributed by atoms with Crippen molar-refractivity contribution in [1.29, 1.82) is 0 Å². The molecule has 0 radical (unpaired) electrons. The number of H-pyrrole nitrogens is 1. The van der Waals surface area contributed by atoms with E-state index < -0.39 is 0 Å². The summed E-state index contributed by atoms with van der Waals surface area (Å²) < 4.78 is 0. The Balaban J connectivity index is 0.000000398. The Bertz CT molecular complexity index is 1200. The number of aromatic amines is 1. The van der Waals surface area contributed by atoms with Gasteiger partial charge in [-0.3, -0.25) is 9.89 Å². The van der Waals surface area contributed by atoms with Crippen molar-refractivity contribution in [2.24, 2.45) is 0 Å². The number of benzene rings is 2. The van der Waals surface area contributed by atoms with Crippen LogP contribution in [0.15, 0.2) is 60.7 Å². The molecule has 0 bridgehead atoms. The number of nitrogens with zero attached hydrogens (tertiary/aromatic N) is 2. The van der Waals surface area contributed by atoms with Crippen LogP contribution in [0, 0.1) is 6.92 Å². The van der Waals surface area contributed by atoms with E-state index in [2.05, 4.69) is 25.8 Å². The summed E-state index contributed by atoms with van der Waals surface area (Å²) in [4.78, 5) is 17.5. The fraction of sp³-hybridized carbons (Fsp3) is 0.296. The number of fused-ring (bicyclic) bond motifs is 1. The molecule has 1 amide bonds. The molecule has 5 rings (SSSR count). The van der Waals surface area contributed by atoms with Gasteiger partial charge in [0.1, 0.15) is 5.75 Å². The van der Waals surface area contributed by atoms with Gasteiger partial charge in [-0.25, -0.2) is 4.98 Å². The van der Waals surface area contributed by atoms with Gasteiger partial charge in [-0.2, -0.15) is 5.10 Å². The van der Waals surface area contributed by atoms with Crippen LogP contribution >= 0.6 is 0 Å². The van der Waals surface area contributed by atoms with E-state index in [9.17, 15) is 9.90 Å². The molecule has 0 saturated carbocycles. The molecule has 3 heterocycles. The van der Waals surface area contributed by atoms with Crippen molar-refractivity contribution < 1.29 is 9.90 Å². The average molecular weight is 458 g/mol. The molecule has 1 aliphatic heterocycles. The van der Waals surface area contributed by atoms with Crippen molar-refractivity contribution in [3.8, 4) is 17.0 Å². The lowest BCUT2D eigenvalue weighted by Gasteiger charge is -2.09. The number of hydrogen-bond acceptors (Lipinski definition) is 5. The van der Waals surface area contributed by atoms with Crippen molar-refractivity contribution in [3.63, 3.8) is 0 Å². The third-order valence-electron chi connectivity index (χ3n) is 5.86. The van der Waals surface area contributed by atoms with Crippen LogP contribution in [0.3, 0.4) is 0 Å². The van der Waals surface area contributed by atoms with Gasteiger partial charge in [-0.15, -0.1) is 0 Å². The van der Waals surface area contributed by atoms with E-state index in [0.717, 1.165) is 23.1 Å². The van der Waals surface area contributed by atoms with Gasteiger partial charge in [-0.1, -0.05) is 36.8 Å². The number of aryl methyl sites for hydroxylation is 1. The molecule has 4 aromatic rings. The molecule has 1 fully saturated rings. The molecule has 7 heteroatoms. The molecule has 1 saturated heterocycles. The fourth-order valence-electron chi connectivity index (χ4n) is 4.00. The molecule has 4 N–H and O–H groups in total. The molecule has 176 valence electrons. The zero-order chi connectivity index (χ0) is 23.8. The summed E-state index contributed by atoms with van der Waals surface area (Å²) >= 11 is 0. The Kier molecular flexibility index (Phi) is 7.88. The molecule has 0 aliphatic carbocycles. The number of aromatic hydroxyl groups is 1. The van der Waals surface area contributed by atoms with Gasteiger partial charge < -0.3 is 15.7 Å². The highest BCUT2D eigenvalue weighted by molar-refractivity contribution is 6.07. The summed E-state index contributed by atoms with van der Waals surface area (Å²) in [5.74, 6) is 0.0205. The van der Waals surface area contributed by atoms with Gasteiger partial charge in [0.15, 0.2) is 5.65 Å². The summed E-state index contributed by atoms with van der Waals surface area (Å²) in [6, 6.07) is 18.5. The average Bonchev–Trinajstić information content (AvgIpc) is 3.26. The number of phenolic OH excluding ortho intramolecular Hbond substituents is 1. The molecular weight excluding hydrogens is 426 g/mol. The van der Waals surface area contributed by atoms with Gasteiger partial charge in [0.2, 0.25) is 0 Å². The van der Waals surface area contributed by atoms with Gasteiger partial charge in [0.05, 0.1) is 16.6 Å². The number of carbonyl (C=O) groups is 1. The number of nitrogens with one attached hydrogen (secondary N) is 3. The quantitative estimate of drug-likeness (QED) is 0.356. The van der Waals surface area contributed by atoms with E-state index in [1.54, 1.807) is 30.3 Å². The second-order valence-corrected chi connectivity index (χ2v) is 8.45. The van der Waals surface area contributed by atoms with E-state index >= 15 is 0 Å². The van der Waals surface area contributed by atoms with E-state index in [-0.39, 0.29) is 11.7 Å². The summed E-state index contributed by atoms with van der Waals surface area (Å²) in [7, 11) is 0. The molecule has 0 unspecified atom stereocenters. The fourth-order valence-corrected chi connectivity index (χ4v) is 4.00. The van der Waals surface area contributed by atoms with Crippen molar-refractivity contribution >= 4 is 16.9 Å². The standard InChI is InChI=1S/C22H20N4O2.C5H11N/c1-14-20-18(22(28)23-12-11-15-5-3-2-4-6-15)13-19(24-21(20)26-25-14)16-7-9-17(27)10-8-16;1-2-4-6-5-3-1/h2-10,13,27H,11-12H2,1H3,(H,23,28)(H,24,25,26);6H,1-5H2. The molecule has 34 heavy (non-hydrogen) atoms. The smallest absolute Gasteiger partial charge is 0.252 e. The maximum absolute atomic E-state index is 12.9. The number of amides is 1. The van der Waals surface area contributed by atoms with Gasteiger partial charge >= 0.3 is 0 Å². The summed E-state index contributed by atoms with van der Waals surface area (Å²) in [5.41, 5.74) is 4.44.